The maximum Gasteiger partial charge on any atom is 0.0546 e. The van der Waals surface area contributed by atoms with Gasteiger partial charge < -0.3 is 15.3 Å². The Bertz CT molecular complexity index is 276. The van der Waals surface area contributed by atoms with Crippen LogP contribution in [0.3, 0.4) is 0 Å². The van der Waals surface area contributed by atoms with E-state index < -0.39 is 0 Å². The number of hydrogen-bond donors (Lipinski definition) is 2. The first-order valence-corrected chi connectivity index (χ1v) is 8.68. The van der Waals surface area contributed by atoms with Crippen LogP contribution < -0.4 is 5.32 Å². The highest BCUT2D eigenvalue weighted by Crippen LogP contribution is 2.31. The monoisotopic (exact) mass is 282 g/mol. The summed E-state index contributed by atoms with van der Waals surface area (Å²) in [5.74, 6) is 2.43. The van der Waals surface area contributed by atoms with E-state index in [9.17, 15) is 5.11 Å². The summed E-state index contributed by atoms with van der Waals surface area (Å²) in [6, 6.07) is 0.723. The minimum Gasteiger partial charge on any atom is -0.393 e. The summed E-state index contributed by atoms with van der Waals surface area (Å²) >= 11 is 0. The zero-order valence-electron chi connectivity index (χ0n) is 13.6. The van der Waals surface area contributed by atoms with E-state index in [1.165, 1.54) is 38.8 Å². The summed E-state index contributed by atoms with van der Waals surface area (Å²) in [5, 5.41) is 13.2. The molecule has 0 bridgehead atoms. The first-order chi connectivity index (χ1) is 9.58. The molecule has 0 spiro atoms. The lowest BCUT2D eigenvalue weighted by atomic mass is 9.78. The van der Waals surface area contributed by atoms with Crippen LogP contribution in [0.25, 0.3) is 0 Å². The van der Waals surface area contributed by atoms with Crippen molar-refractivity contribution in [3.05, 3.63) is 0 Å². The Morgan fingerprint density at radius 1 is 1.15 bits per heavy atom. The Balaban J connectivity index is 1.76. The van der Waals surface area contributed by atoms with E-state index in [1.807, 2.05) is 0 Å². The molecule has 2 rings (SSSR count). The van der Waals surface area contributed by atoms with E-state index in [4.69, 9.17) is 0 Å². The molecule has 2 fully saturated rings. The van der Waals surface area contributed by atoms with Crippen molar-refractivity contribution in [2.24, 2.45) is 17.8 Å². The Labute approximate surface area is 125 Å². The number of hydrogen-bond acceptors (Lipinski definition) is 3. The van der Waals surface area contributed by atoms with Gasteiger partial charge in [-0.15, -0.1) is 0 Å². The molecule has 0 heterocycles. The van der Waals surface area contributed by atoms with Gasteiger partial charge in [-0.2, -0.15) is 0 Å². The van der Waals surface area contributed by atoms with Crippen molar-refractivity contribution >= 4 is 0 Å². The van der Waals surface area contributed by atoms with Gasteiger partial charge in [0.2, 0.25) is 0 Å². The number of nitrogens with zero attached hydrogens (tertiary/aromatic N) is 1. The van der Waals surface area contributed by atoms with Crippen LogP contribution in [0.2, 0.25) is 0 Å². The Kier molecular flexibility index (Phi) is 6.31. The average molecular weight is 282 g/mol. The predicted molar refractivity (Wildman–Crippen MR) is 84.8 cm³/mol. The largest absolute Gasteiger partial charge is 0.393 e. The number of aliphatic hydroxyl groups excluding tert-OH is 1. The third kappa shape index (κ3) is 4.71. The van der Waals surface area contributed by atoms with E-state index in [1.54, 1.807) is 0 Å². The predicted octanol–water partition coefficient (Wildman–Crippen LogP) is 2.49. The smallest absolute Gasteiger partial charge is 0.0546 e. The number of nitrogens with one attached hydrogen (secondary N) is 1. The Hall–Kier alpha value is -0.120. The van der Waals surface area contributed by atoms with Gasteiger partial charge in [0.1, 0.15) is 0 Å². The third-order valence-corrected chi connectivity index (χ3v) is 5.23. The molecular formula is C17H34N2O. The summed E-state index contributed by atoms with van der Waals surface area (Å²) in [7, 11) is 2.26. The molecule has 0 amide bonds. The topological polar surface area (TPSA) is 35.5 Å². The minimum absolute atomic E-state index is 0.0120. The van der Waals surface area contributed by atoms with E-state index in [0.717, 1.165) is 43.2 Å². The fraction of sp³-hybridized carbons (Fsp3) is 1.00. The van der Waals surface area contributed by atoms with Gasteiger partial charge in [0, 0.05) is 19.1 Å². The van der Waals surface area contributed by atoms with E-state index in [2.05, 4.69) is 31.1 Å². The van der Waals surface area contributed by atoms with Crippen molar-refractivity contribution < 1.29 is 5.11 Å². The van der Waals surface area contributed by atoms with E-state index in [-0.39, 0.29) is 6.10 Å². The van der Waals surface area contributed by atoms with Crippen molar-refractivity contribution in [2.75, 3.05) is 26.7 Å². The molecule has 0 saturated heterocycles. The quantitative estimate of drug-likeness (QED) is 0.753. The number of aliphatic hydroxyl groups is 1. The fourth-order valence-corrected chi connectivity index (χ4v) is 4.06. The summed E-state index contributed by atoms with van der Waals surface area (Å²) in [5.41, 5.74) is 0. The highest BCUT2D eigenvalue weighted by Gasteiger charge is 2.31. The zero-order chi connectivity index (χ0) is 14.5. The molecule has 3 atom stereocenters. The Morgan fingerprint density at radius 2 is 1.90 bits per heavy atom. The summed E-state index contributed by atoms with van der Waals surface area (Å²) in [4.78, 5) is 2.51. The van der Waals surface area contributed by atoms with Crippen LogP contribution in [0.5, 0.6) is 0 Å². The lowest BCUT2D eigenvalue weighted by molar-refractivity contribution is 0.0237. The van der Waals surface area contributed by atoms with Gasteiger partial charge in [0.05, 0.1) is 6.10 Å². The van der Waals surface area contributed by atoms with Crippen LogP contribution in [0.15, 0.2) is 0 Å². The van der Waals surface area contributed by atoms with Crippen molar-refractivity contribution in [3.8, 4) is 0 Å². The lowest BCUT2D eigenvalue weighted by Gasteiger charge is -2.40. The normalized spacial score (nSPS) is 38.0. The van der Waals surface area contributed by atoms with Crippen LogP contribution in [-0.4, -0.2) is 48.8 Å². The maximum absolute atomic E-state index is 9.40. The van der Waals surface area contributed by atoms with Gasteiger partial charge in [-0.25, -0.2) is 0 Å². The van der Waals surface area contributed by atoms with Gasteiger partial charge in [-0.3, -0.25) is 0 Å². The summed E-state index contributed by atoms with van der Waals surface area (Å²) < 4.78 is 0. The van der Waals surface area contributed by atoms with Gasteiger partial charge in [-0.05, 0) is 69.9 Å². The molecule has 2 saturated carbocycles. The summed E-state index contributed by atoms with van der Waals surface area (Å²) in [6.45, 7) is 8.21. The molecule has 2 aliphatic rings. The molecule has 3 unspecified atom stereocenters. The lowest BCUT2D eigenvalue weighted by Crippen LogP contribution is -2.46. The van der Waals surface area contributed by atoms with Crippen LogP contribution in [0.1, 0.15) is 52.4 Å². The maximum atomic E-state index is 9.40. The van der Waals surface area contributed by atoms with E-state index >= 15 is 0 Å². The van der Waals surface area contributed by atoms with Crippen LogP contribution in [-0.2, 0) is 0 Å². The fourth-order valence-electron chi connectivity index (χ4n) is 4.06. The molecule has 0 radical (unpaired) electrons. The molecule has 118 valence electrons. The molecular weight excluding hydrogens is 248 g/mol. The second kappa shape index (κ2) is 7.77. The first-order valence-electron chi connectivity index (χ1n) is 8.68. The van der Waals surface area contributed by atoms with Crippen molar-refractivity contribution in [1.29, 1.82) is 0 Å². The van der Waals surface area contributed by atoms with Gasteiger partial charge in [-0.1, -0.05) is 13.8 Å². The second-order valence-electron chi connectivity index (χ2n) is 7.45. The molecule has 20 heavy (non-hydrogen) atoms. The molecule has 0 aromatic heterocycles. The molecule has 3 nitrogen and oxygen atoms in total. The van der Waals surface area contributed by atoms with E-state index in [0.29, 0.717) is 0 Å². The molecule has 0 aliphatic heterocycles. The molecule has 0 aromatic carbocycles. The average Bonchev–Trinajstić information content (AvgIpc) is 2.36. The SMILES string of the molecule is CCCNC1CCC(C)CC1CN(C)CC1CC(O)C1. The van der Waals surface area contributed by atoms with Crippen LogP contribution in [0.4, 0.5) is 0 Å². The van der Waals surface area contributed by atoms with Gasteiger partial charge in [0.15, 0.2) is 0 Å². The first kappa shape index (κ1) is 16.3. The number of rotatable bonds is 7. The molecule has 2 aliphatic carbocycles. The Morgan fingerprint density at radius 3 is 2.55 bits per heavy atom. The molecule has 2 N–H and O–H groups in total. The molecule has 3 heteroatoms. The van der Waals surface area contributed by atoms with Gasteiger partial charge in [0.25, 0.3) is 0 Å². The van der Waals surface area contributed by atoms with Crippen LogP contribution >= 0.6 is 0 Å². The highest BCUT2D eigenvalue weighted by atomic mass is 16.3. The zero-order valence-corrected chi connectivity index (χ0v) is 13.6. The summed E-state index contributed by atoms with van der Waals surface area (Å²) in [6.07, 6.45) is 7.36. The standard InChI is InChI=1S/C17H34N2O/c1-4-7-18-17-6-5-13(2)8-15(17)12-19(3)11-14-9-16(20)10-14/h13-18,20H,4-12H2,1-3H3. The van der Waals surface area contributed by atoms with Crippen molar-refractivity contribution in [3.63, 3.8) is 0 Å². The molecule has 0 aromatic rings. The van der Waals surface area contributed by atoms with Crippen molar-refractivity contribution in [1.82, 2.24) is 10.2 Å². The second-order valence-corrected chi connectivity index (χ2v) is 7.45. The van der Waals surface area contributed by atoms with Crippen LogP contribution in [0, 0.1) is 17.8 Å². The minimum atomic E-state index is -0.0120. The van der Waals surface area contributed by atoms with Crippen molar-refractivity contribution in [2.45, 2.75) is 64.5 Å². The van der Waals surface area contributed by atoms with Gasteiger partial charge >= 0.3 is 0 Å². The third-order valence-electron chi connectivity index (χ3n) is 5.23. The highest BCUT2D eigenvalue weighted by molar-refractivity contribution is 4.86.